The maximum atomic E-state index is 14.8. The third kappa shape index (κ3) is 6.19. The molecule has 0 fully saturated rings. The molecule has 1 aromatic heterocycles. The third-order valence-electron chi connectivity index (χ3n) is 6.23. The molecule has 0 radical (unpaired) electrons. The number of pyridine rings is 1. The summed E-state index contributed by atoms with van der Waals surface area (Å²) in [5.74, 6) is -6.94. The second kappa shape index (κ2) is 12.0. The number of carbonyl (C=O) groups excluding carboxylic acids is 2. The maximum Gasteiger partial charge on any atom is 0.387 e. The van der Waals surface area contributed by atoms with Crippen molar-refractivity contribution in [2.75, 3.05) is 24.5 Å². The van der Waals surface area contributed by atoms with Gasteiger partial charge in [-0.1, -0.05) is 18.2 Å². The predicted molar refractivity (Wildman–Crippen MR) is 140 cm³/mol. The fraction of sp³-hybridized carbons (Fsp3) is 0.259. The number of nitrogens with one attached hydrogen (secondary N) is 1. The van der Waals surface area contributed by atoms with Crippen LogP contribution in [-0.2, 0) is 20.3 Å². The summed E-state index contributed by atoms with van der Waals surface area (Å²) < 4.78 is 60.2. The lowest BCUT2D eigenvalue weighted by Gasteiger charge is -2.28. The Kier molecular flexibility index (Phi) is 8.66. The van der Waals surface area contributed by atoms with Crippen LogP contribution >= 0.6 is 0 Å². The molecule has 2 amide bonds. The highest BCUT2D eigenvalue weighted by atomic mass is 19.3. The molecular weight excluding hydrogens is 550 g/mol. The number of nitrogens with zero attached hydrogens (tertiary/aromatic N) is 4. The van der Waals surface area contributed by atoms with E-state index in [0.717, 1.165) is 31.3 Å². The number of hydrogen-bond donors (Lipinski definition) is 2. The van der Waals surface area contributed by atoms with Crippen molar-refractivity contribution in [3.05, 3.63) is 72.4 Å². The standard InChI is InChI=1S/C27H25F4N5O5/c1-15-22(23(37)33-17-8-6-7-16(13-17)27(30,31)25(39)35(2)40-3)24(38)36(34-15)18-10-11-21(41-26(28)29)19(14-18)20-9-4-5-12-32-20/h4-14,22,25-26,39H,1-3H3,(H,33,37). The van der Waals surface area contributed by atoms with E-state index in [9.17, 15) is 32.3 Å². The minimum atomic E-state index is -3.77. The zero-order valence-electron chi connectivity index (χ0n) is 22.0. The Hall–Kier alpha value is -4.40. The number of hydrogen-bond acceptors (Lipinski definition) is 8. The number of hydrazone groups is 1. The molecule has 216 valence electrons. The summed E-state index contributed by atoms with van der Waals surface area (Å²) in [7, 11) is 2.25. The molecule has 0 bridgehead atoms. The number of ether oxygens (including phenoxy) is 1. The zero-order valence-corrected chi connectivity index (χ0v) is 22.0. The summed E-state index contributed by atoms with van der Waals surface area (Å²) >= 11 is 0. The van der Waals surface area contributed by atoms with Gasteiger partial charge >= 0.3 is 12.5 Å². The van der Waals surface area contributed by atoms with E-state index in [1.165, 1.54) is 43.5 Å². The quantitative estimate of drug-likeness (QED) is 0.161. The summed E-state index contributed by atoms with van der Waals surface area (Å²) in [4.78, 5) is 35.2. The highest BCUT2D eigenvalue weighted by Crippen LogP contribution is 2.37. The Morgan fingerprint density at radius 1 is 1.15 bits per heavy atom. The lowest BCUT2D eigenvalue weighted by molar-refractivity contribution is -0.279. The van der Waals surface area contributed by atoms with Gasteiger partial charge in [-0.2, -0.15) is 32.7 Å². The molecule has 41 heavy (non-hydrogen) atoms. The average molecular weight is 576 g/mol. The smallest absolute Gasteiger partial charge is 0.387 e. The molecule has 14 heteroatoms. The van der Waals surface area contributed by atoms with E-state index < -0.39 is 42.1 Å². The summed E-state index contributed by atoms with van der Waals surface area (Å²) in [6, 6.07) is 13.4. The van der Waals surface area contributed by atoms with E-state index in [2.05, 4.69) is 25.0 Å². The van der Waals surface area contributed by atoms with E-state index >= 15 is 0 Å². The summed E-state index contributed by atoms with van der Waals surface area (Å²) in [5, 5.41) is 18.1. The van der Waals surface area contributed by atoms with E-state index in [0.29, 0.717) is 10.8 Å². The van der Waals surface area contributed by atoms with E-state index in [1.807, 2.05) is 0 Å². The number of carbonyl (C=O) groups is 2. The molecule has 0 saturated heterocycles. The van der Waals surface area contributed by atoms with E-state index in [-0.39, 0.29) is 28.4 Å². The third-order valence-corrected chi connectivity index (χ3v) is 6.23. The minimum Gasteiger partial charge on any atom is -0.434 e. The molecule has 2 atom stereocenters. The van der Waals surface area contributed by atoms with Crippen LogP contribution < -0.4 is 15.1 Å². The first kappa shape index (κ1) is 29.6. The zero-order chi connectivity index (χ0) is 29.9. The molecule has 2 heterocycles. The van der Waals surface area contributed by atoms with Gasteiger partial charge in [0.1, 0.15) is 5.75 Å². The van der Waals surface area contributed by atoms with Crippen LogP contribution in [0, 0.1) is 5.92 Å². The van der Waals surface area contributed by atoms with Gasteiger partial charge in [0.25, 0.3) is 5.91 Å². The van der Waals surface area contributed by atoms with Crippen LogP contribution in [0.4, 0.5) is 28.9 Å². The topological polar surface area (TPSA) is 117 Å². The number of likely N-dealkylation sites (N-methyl/N-ethyl adjacent to an activating group) is 1. The van der Waals surface area contributed by atoms with Gasteiger partial charge in [-0.25, -0.2) is 0 Å². The van der Waals surface area contributed by atoms with Gasteiger partial charge in [0, 0.05) is 30.1 Å². The fourth-order valence-electron chi connectivity index (χ4n) is 4.12. The molecule has 1 aliphatic heterocycles. The molecule has 0 aliphatic carbocycles. The van der Waals surface area contributed by atoms with Crippen LogP contribution in [0.2, 0.25) is 0 Å². The summed E-state index contributed by atoms with van der Waals surface area (Å²) in [5.41, 5.74) is 0.0680. The molecule has 1 aliphatic rings. The molecule has 2 unspecified atom stereocenters. The van der Waals surface area contributed by atoms with Crippen LogP contribution in [0.15, 0.2) is 72.0 Å². The number of rotatable bonds is 10. The molecule has 0 spiro atoms. The Labute approximate surface area is 231 Å². The molecule has 2 aromatic carbocycles. The number of halogens is 4. The first-order valence-corrected chi connectivity index (χ1v) is 12.1. The van der Waals surface area contributed by atoms with Crippen molar-refractivity contribution in [3.8, 4) is 17.0 Å². The molecule has 2 N–H and O–H groups in total. The lowest BCUT2D eigenvalue weighted by Crippen LogP contribution is -2.43. The van der Waals surface area contributed by atoms with Crippen LogP contribution in [0.5, 0.6) is 5.75 Å². The second-order valence-corrected chi connectivity index (χ2v) is 8.89. The van der Waals surface area contributed by atoms with Gasteiger partial charge in [0.2, 0.25) is 5.91 Å². The SMILES string of the molecule is CON(C)C(O)C(F)(F)c1cccc(NC(=O)C2C(=O)N(c3ccc(OC(F)F)c(-c4ccccn4)c3)N=C2C)c1. The highest BCUT2D eigenvalue weighted by molar-refractivity contribution is 6.28. The van der Waals surface area contributed by atoms with Crippen molar-refractivity contribution in [1.29, 1.82) is 0 Å². The number of anilines is 2. The Bertz CT molecular complexity index is 1460. The molecular formula is C27H25F4N5O5. The number of alkyl halides is 4. The highest BCUT2D eigenvalue weighted by Gasteiger charge is 2.44. The van der Waals surface area contributed by atoms with Crippen LogP contribution in [0.25, 0.3) is 11.3 Å². The summed E-state index contributed by atoms with van der Waals surface area (Å²) in [6.07, 6.45) is -0.856. The number of benzene rings is 2. The first-order chi connectivity index (χ1) is 19.4. The van der Waals surface area contributed by atoms with Crippen molar-refractivity contribution in [2.24, 2.45) is 11.0 Å². The predicted octanol–water partition coefficient (Wildman–Crippen LogP) is 4.23. The summed E-state index contributed by atoms with van der Waals surface area (Å²) in [6.45, 7) is -1.66. The van der Waals surface area contributed by atoms with Crippen molar-refractivity contribution in [2.45, 2.75) is 25.7 Å². The number of hydroxylamine groups is 2. The average Bonchev–Trinajstić information content (AvgIpc) is 3.26. The fourth-order valence-corrected chi connectivity index (χ4v) is 4.12. The Balaban J connectivity index is 1.57. The number of amides is 2. The number of aliphatic hydroxyl groups excluding tert-OH is 1. The van der Waals surface area contributed by atoms with Crippen molar-refractivity contribution >= 4 is 28.9 Å². The van der Waals surface area contributed by atoms with Gasteiger partial charge in [-0.3, -0.25) is 19.4 Å². The molecule has 4 rings (SSSR count). The number of aromatic nitrogens is 1. The Morgan fingerprint density at radius 3 is 2.56 bits per heavy atom. The normalized spacial score (nSPS) is 16.2. The Morgan fingerprint density at radius 2 is 1.90 bits per heavy atom. The molecule has 0 saturated carbocycles. The van der Waals surface area contributed by atoms with Gasteiger partial charge in [0.05, 0.1) is 24.2 Å². The maximum absolute atomic E-state index is 14.8. The molecule has 3 aromatic rings. The minimum absolute atomic E-state index is 0.0515. The van der Waals surface area contributed by atoms with Crippen LogP contribution in [-0.4, -0.2) is 59.7 Å². The van der Waals surface area contributed by atoms with Crippen molar-refractivity contribution in [1.82, 2.24) is 10.0 Å². The van der Waals surface area contributed by atoms with Crippen LogP contribution in [0.3, 0.4) is 0 Å². The van der Waals surface area contributed by atoms with Crippen molar-refractivity contribution in [3.63, 3.8) is 0 Å². The monoisotopic (exact) mass is 575 g/mol. The first-order valence-electron chi connectivity index (χ1n) is 12.1. The van der Waals surface area contributed by atoms with Crippen LogP contribution in [0.1, 0.15) is 12.5 Å². The van der Waals surface area contributed by atoms with Gasteiger partial charge in [-0.05, 0) is 49.4 Å². The largest absolute Gasteiger partial charge is 0.434 e. The van der Waals surface area contributed by atoms with Gasteiger partial charge < -0.3 is 15.2 Å². The van der Waals surface area contributed by atoms with Gasteiger partial charge in [0.15, 0.2) is 12.1 Å². The van der Waals surface area contributed by atoms with E-state index in [4.69, 9.17) is 0 Å². The van der Waals surface area contributed by atoms with Gasteiger partial charge in [-0.15, -0.1) is 0 Å². The lowest BCUT2D eigenvalue weighted by atomic mass is 10.0. The second-order valence-electron chi connectivity index (χ2n) is 8.89. The molecule has 10 nitrogen and oxygen atoms in total. The van der Waals surface area contributed by atoms with E-state index in [1.54, 1.807) is 18.2 Å². The van der Waals surface area contributed by atoms with Crippen molar-refractivity contribution < 1.29 is 41.8 Å². The number of aliphatic hydroxyl groups is 1.